The van der Waals surface area contributed by atoms with E-state index in [0.717, 1.165) is 6.61 Å². The van der Waals surface area contributed by atoms with Crippen LogP contribution in [0.5, 0.6) is 0 Å². The lowest BCUT2D eigenvalue weighted by molar-refractivity contribution is -0.153. The van der Waals surface area contributed by atoms with Gasteiger partial charge in [0.1, 0.15) is 12.7 Å². The van der Waals surface area contributed by atoms with Crippen molar-refractivity contribution in [1.29, 1.82) is 0 Å². The van der Waals surface area contributed by atoms with Crippen molar-refractivity contribution < 1.29 is 14.3 Å². The second kappa shape index (κ2) is 2.81. The molecule has 1 saturated heterocycles. The molecule has 1 fully saturated rings. The lowest BCUT2D eigenvalue weighted by Crippen LogP contribution is -2.24. The minimum Gasteiger partial charge on any atom is -0.462 e. The Kier molecular flexibility index (Phi) is 2.18. The van der Waals surface area contributed by atoms with Crippen LogP contribution < -0.4 is 0 Å². The zero-order valence-corrected chi connectivity index (χ0v) is 7.22. The Morgan fingerprint density at radius 3 is 2.55 bits per heavy atom. The summed E-state index contributed by atoms with van der Waals surface area (Å²) in [5.41, 5.74) is -0.394. The molecule has 0 aromatic rings. The van der Waals surface area contributed by atoms with Gasteiger partial charge < -0.3 is 9.47 Å². The van der Waals surface area contributed by atoms with E-state index in [2.05, 4.69) is 0 Å². The van der Waals surface area contributed by atoms with Gasteiger partial charge >= 0.3 is 5.97 Å². The molecule has 0 bridgehead atoms. The Morgan fingerprint density at radius 2 is 2.18 bits per heavy atom. The van der Waals surface area contributed by atoms with Crippen molar-refractivity contribution in [2.45, 2.75) is 26.9 Å². The molecule has 0 aliphatic carbocycles. The third-order valence-corrected chi connectivity index (χ3v) is 1.42. The first-order valence-electron chi connectivity index (χ1n) is 3.79. The van der Waals surface area contributed by atoms with Gasteiger partial charge in [0.2, 0.25) is 0 Å². The van der Waals surface area contributed by atoms with E-state index in [-0.39, 0.29) is 12.1 Å². The molecule has 0 unspecified atom stereocenters. The smallest absolute Gasteiger partial charge is 0.311 e. The van der Waals surface area contributed by atoms with Crippen molar-refractivity contribution in [3.05, 3.63) is 0 Å². The van der Waals surface area contributed by atoms with Crippen LogP contribution in [-0.2, 0) is 14.3 Å². The topological polar surface area (TPSA) is 38.8 Å². The summed E-state index contributed by atoms with van der Waals surface area (Å²) < 4.78 is 9.86. The predicted molar refractivity (Wildman–Crippen MR) is 40.2 cm³/mol. The van der Waals surface area contributed by atoms with E-state index in [1.165, 1.54) is 0 Å². The lowest BCUT2D eigenvalue weighted by Gasteiger charge is -2.15. The van der Waals surface area contributed by atoms with Gasteiger partial charge in [0.05, 0.1) is 12.0 Å². The number of rotatable bonds is 2. The highest BCUT2D eigenvalue weighted by molar-refractivity contribution is 5.75. The number of carbonyl (C=O) groups is 1. The minimum atomic E-state index is -0.394. The van der Waals surface area contributed by atoms with Gasteiger partial charge in [-0.15, -0.1) is 0 Å². The molecule has 1 heterocycles. The van der Waals surface area contributed by atoms with Crippen LogP contribution in [0.3, 0.4) is 0 Å². The molecular weight excluding hydrogens is 144 g/mol. The summed E-state index contributed by atoms with van der Waals surface area (Å²) in [4.78, 5) is 11.1. The average Bonchev–Trinajstić information content (AvgIpc) is 2.62. The van der Waals surface area contributed by atoms with Crippen molar-refractivity contribution in [2.75, 3.05) is 13.2 Å². The first-order chi connectivity index (χ1) is 5.00. The highest BCUT2D eigenvalue weighted by atomic mass is 16.6. The molecule has 0 aromatic heterocycles. The summed E-state index contributed by atoms with van der Waals surface area (Å²) in [6.07, 6.45) is 0.168. The maximum Gasteiger partial charge on any atom is 0.311 e. The van der Waals surface area contributed by atoms with E-state index in [1.54, 1.807) is 0 Å². The number of hydrogen-bond acceptors (Lipinski definition) is 3. The summed E-state index contributed by atoms with van der Waals surface area (Å²) >= 11 is 0. The standard InChI is InChI=1S/C8H14O3/c1-8(2,3)7(9)11-5-6-4-10-6/h6H,4-5H2,1-3H3/t6-/m1/s1. The van der Waals surface area contributed by atoms with Gasteiger partial charge in [-0.3, -0.25) is 4.79 Å². The number of hydrogen-bond donors (Lipinski definition) is 0. The fourth-order valence-electron chi connectivity index (χ4n) is 0.549. The first kappa shape index (κ1) is 8.53. The van der Waals surface area contributed by atoms with Crippen LogP contribution in [0.1, 0.15) is 20.8 Å². The fourth-order valence-corrected chi connectivity index (χ4v) is 0.549. The third kappa shape index (κ3) is 2.89. The molecule has 11 heavy (non-hydrogen) atoms. The Morgan fingerprint density at radius 1 is 1.64 bits per heavy atom. The van der Waals surface area contributed by atoms with Gasteiger partial charge in [0.15, 0.2) is 0 Å². The van der Waals surface area contributed by atoms with E-state index < -0.39 is 5.41 Å². The van der Waals surface area contributed by atoms with Crippen molar-refractivity contribution in [3.63, 3.8) is 0 Å². The highest BCUT2D eigenvalue weighted by Gasteiger charge is 2.28. The maximum atomic E-state index is 11.1. The van der Waals surface area contributed by atoms with Crippen LogP contribution in [0.25, 0.3) is 0 Å². The van der Waals surface area contributed by atoms with Gasteiger partial charge in [-0.25, -0.2) is 0 Å². The molecule has 0 radical (unpaired) electrons. The van der Waals surface area contributed by atoms with E-state index in [9.17, 15) is 4.79 Å². The third-order valence-electron chi connectivity index (χ3n) is 1.42. The molecule has 0 amide bonds. The molecular formula is C8H14O3. The van der Waals surface area contributed by atoms with Crippen LogP contribution in [-0.4, -0.2) is 25.3 Å². The Balaban J connectivity index is 2.19. The van der Waals surface area contributed by atoms with Crippen molar-refractivity contribution in [2.24, 2.45) is 5.41 Å². The summed E-state index contributed by atoms with van der Waals surface area (Å²) in [5.74, 6) is -0.159. The summed E-state index contributed by atoms with van der Waals surface area (Å²) in [6.45, 7) is 6.66. The summed E-state index contributed by atoms with van der Waals surface area (Å²) in [7, 11) is 0. The first-order valence-corrected chi connectivity index (χ1v) is 3.79. The number of carbonyl (C=O) groups excluding carboxylic acids is 1. The zero-order valence-electron chi connectivity index (χ0n) is 7.22. The number of epoxide rings is 1. The van der Waals surface area contributed by atoms with Crippen LogP contribution in [0, 0.1) is 5.41 Å². The molecule has 0 spiro atoms. The van der Waals surface area contributed by atoms with Crippen LogP contribution >= 0.6 is 0 Å². The van der Waals surface area contributed by atoms with Crippen molar-refractivity contribution in [3.8, 4) is 0 Å². The monoisotopic (exact) mass is 158 g/mol. The molecule has 0 N–H and O–H groups in total. The maximum absolute atomic E-state index is 11.1. The molecule has 3 heteroatoms. The largest absolute Gasteiger partial charge is 0.462 e. The number of esters is 1. The molecule has 0 aromatic carbocycles. The fraction of sp³-hybridized carbons (Fsp3) is 0.875. The second-order valence-electron chi connectivity index (χ2n) is 3.80. The quantitative estimate of drug-likeness (QED) is 0.444. The molecule has 1 aliphatic heterocycles. The van der Waals surface area contributed by atoms with Crippen LogP contribution in [0.4, 0.5) is 0 Å². The SMILES string of the molecule is CC(C)(C)C(=O)OC[C@H]1CO1. The summed E-state index contributed by atoms with van der Waals surface area (Å²) in [5, 5.41) is 0. The van der Waals surface area contributed by atoms with Gasteiger partial charge in [-0.2, -0.15) is 0 Å². The molecule has 0 saturated carbocycles. The molecule has 1 rings (SSSR count). The Bertz CT molecular complexity index is 153. The summed E-state index contributed by atoms with van der Waals surface area (Å²) in [6, 6.07) is 0. The minimum absolute atomic E-state index is 0.159. The van der Waals surface area contributed by atoms with Crippen molar-refractivity contribution >= 4 is 5.97 Å². The Labute approximate surface area is 66.7 Å². The van der Waals surface area contributed by atoms with Crippen LogP contribution in [0.2, 0.25) is 0 Å². The average molecular weight is 158 g/mol. The van der Waals surface area contributed by atoms with Gasteiger partial charge in [-0.05, 0) is 20.8 Å². The van der Waals surface area contributed by atoms with E-state index in [4.69, 9.17) is 9.47 Å². The van der Waals surface area contributed by atoms with Gasteiger partial charge in [0.25, 0.3) is 0 Å². The normalized spacial score (nSPS) is 23.0. The Hall–Kier alpha value is -0.570. The molecule has 1 aliphatic rings. The number of ether oxygens (including phenoxy) is 2. The van der Waals surface area contributed by atoms with E-state index in [0.29, 0.717) is 6.61 Å². The second-order valence-corrected chi connectivity index (χ2v) is 3.80. The van der Waals surface area contributed by atoms with E-state index in [1.807, 2.05) is 20.8 Å². The lowest BCUT2D eigenvalue weighted by atomic mass is 9.97. The molecule has 1 atom stereocenters. The van der Waals surface area contributed by atoms with Gasteiger partial charge in [-0.1, -0.05) is 0 Å². The molecule has 64 valence electrons. The predicted octanol–water partition coefficient (Wildman–Crippen LogP) is 0.975. The van der Waals surface area contributed by atoms with Gasteiger partial charge in [0, 0.05) is 0 Å². The molecule has 3 nitrogen and oxygen atoms in total. The van der Waals surface area contributed by atoms with Crippen LogP contribution in [0.15, 0.2) is 0 Å². The highest BCUT2D eigenvalue weighted by Crippen LogP contribution is 2.17. The van der Waals surface area contributed by atoms with Crippen molar-refractivity contribution in [1.82, 2.24) is 0 Å². The van der Waals surface area contributed by atoms with E-state index >= 15 is 0 Å². The zero-order chi connectivity index (χ0) is 8.48.